The number of para-hydroxylation sites is 2. The van der Waals surface area contributed by atoms with Crippen LogP contribution in [0.5, 0.6) is 0 Å². The lowest BCUT2D eigenvalue weighted by Crippen LogP contribution is -2.17. The largest absolute Gasteiger partial charge is 0.323 e. The minimum absolute atomic E-state index is 0.194. The fourth-order valence-electron chi connectivity index (χ4n) is 2.48. The number of nitrogens with one attached hydrogen (secondary N) is 1. The molecule has 0 aliphatic carbocycles. The first-order valence-corrected chi connectivity index (χ1v) is 6.86. The smallest absolute Gasteiger partial charge is 0.291 e. The second-order valence-corrected chi connectivity index (χ2v) is 5.26. The minimum Gasteiger partial charge on any atom is -0.323 e. The zero-order chi connectivity index (χ0) is 15.0. The number of hydrogen-bond donors (Lipinski definition) is 1. The molecular formula is C17H17N3O. The van der Waals surface area contributed by atoms with Gasteiger partial charge in [0.05, 0.1) is 11.0 Å². The highest BCUT2D eigenvalue weighted by atomic mass is 16.2. The van der Waals surface area contributed by atoms with Crippen molar-refractivity contribution in [2.75, 3.05) is 5.32 Å². The van der Waals surface area contributed by atoms with Gasteiger partial charge >= 0.3 is 0 Å². The summed E-state index contributed by atoms with van der Waals surface area (Å²) < 4.78 is 1.81. The van der Waals surface area contributed by atoms with Crippen LogP contribution in [0.15, 0.2) is 42.5 Å². The molecule has 4 nitrogen and oxygen atoms in total. The first-order chi connectivity index (χ1) is 10.1. The molecule has 0 bridgehead atoms. The maximum atomic E-state index is 12.4. The molecule has 0 radical (unpaired) electrons. The second kappa shape index (κ2) is 5.05. The molecule has 0 unspecified atom stereocenters. The maximum absolute atomic E-state index is 12.4. The molecule has 1 heterocycles. The van der Waals surface area contributed by atoms with Crippen molar-refractivity contribution in [2.45, 2.75) is 13.8 Å². The minimum atomic E-state index is -0.194. The maximum Gasteiger partial charge on any atom is 0.291 e. The quantitative estimate of drug-likeness (QED) is 0.781. The topological polar surface area (TPSA) is 46.9 Å². The Morgan fingerprint density at radius 1 is 1.14 bits per heavy atom. The number of aryl methyl sites for hydroxylation is 3. The van der Waals surface area contributed by atoms with Gasteiger partial charge in [-0.25, -0.2) is 4.98 Å². The van der Waals surface area contributed by atoms with Crippen LogP contribution in [0.3, 0.4) is 0 Å². The van der Waals surface area contributed by atoms with E-state index in [1.54, 1.807) is 0 Å². The van der Waals surface area contributed by atoms with Gasteiger partial charge in [0.1, 0.15) is 0 Å². The summed E-state index contributed by atoms with van der Waals surface area (Å²) in [5, 5.41) is 2.93. The molecule has 1 aromatic heterocycles. The van der Waals surface area contributed by atoms with E-state index in [-0.39, 0.29) is 5.91 Å². The lowest BCUT2D eigenvalue weighted by atomic mass is 10.1. The Labute approximate surface area is 123 Å². The van der Waals surface area contributed by atoms with Crippen LogP contribution >= 0.6 is 0 Å². The third-order valence-electron chi connectivity index (χ3n) is 3.62. The molecule has 0 saturated heterocycles. The standard InChI is InChI=1S/C17H17N3O/c1-11-8-9-13(12(2)10-11)19-17(21)16-18-14-6-4-5-7-15(14)20(16)3/h4-10H,1-3H3,(H,19,21). The summed E-state index contributed by atoms with van der Waals surface area (Å²) in [4.78, 5) is 16.9. The van der Waals surface area contributed by atoms with E-state index in [2.05, 4.69) is 10.3 Å². The molecular weight excluding hydrogens is 262 g/mol. The number of hydrogen-bond acceptors (Lipinski definition) is 2. The number of imidazole rings is 1. The summed E-state index contributed by atoms with van der Waals surface area (Å²) in [5.74, 6) is 0.219. The van der Waals surface area contributed by atoms with E-state index in [1.807, 2.05) is 67.9 Å². The number of fused-ring (bicyclic) bond motifs is 1. The number of aromatic nitrogens is 2. The van der Waals surface area contributed by atoms with Crippen LogP contribution in [0.25, 0.3) is 11.0 Å². The van der Waals surface area contributed by atoms with E-state index in [0.29, 0.717) is 5.82 Å². The molecule has 21 heavy (non-hydrogen) atoms. The number of rotatable bonds is 2. The highest BCUT2D eigenvalue weighted by molar-refractivity contribution is 6.04. The van der Waals surface area contributed by atoms with Gasteiger partial charge in [0.2, 0.25) is 0 Å². The van der Waals surface area contributed by atoms with Crippen molar-refractivity contribution in [3.8, 4) is 0 Å². The van der Waals surface area contributed by atoms with Crippen molar-refractivity contribution < 1.29 is 4.79 Å². The molecule has 0 fully saturated rings. The van der Waals surface area contributed by atoms with Crippen LogP contribution < -0.4 is 5.32 Å². The van der Waals surface area contributed by atoms with Gasteiger partial charge < -0.3 is 9.88 Å². The van der Waals surface area contributed by atoms with E-state index < -0.39 is 0 Å². The van der Waals surface area contributed by atoms with Gasteiger partial charge in [-0.2, -0.15) is 0 Å². The van der Waals surface area contributed by atoms with Crippen molar-refractivity contribution in [3.63, 3.8) is 0 Å². The average molecular weight is 279 g/mol. The Balaban J connectivity index is 1.95. The number of benzene rings is 2. The van der Waals surface area contributed by atoms with Gasteiger partial charge in [0.15, 0.2) is 5.82 Å². The molecule has 0 aliphatic heterocycles. The third kappa shape index (κ3) is 2.40. The predicted molar refractivity (Wildman–Crippen MR) is 84.6 cm³/mol. The molecule has 0 spiro atoms. The van der Waals surface area contributed by atoms with Crippen LogP contribution in [0.2, 0.25) is 0 Å². The zero-order valence-electron chi connectivity index (χ0n) is 12.3. The van der Waals surface area contributed by atoms with Crippen molar-refractivity contribution in [1.29, 1.82) is 0 Å². The summed E-state index contributed by atoms with van der Waals surface area (Å²) >= 11 is 0. The molecule has 3 aromatic rings. The lowest BCUT2D eigenvalue weighted by molar-refractivity contribution is 0.101. The number of amides is 1. The monoisotopic (exact) mass is 279 g/mol. The van der Waals surface area contributed by atoms with Gasteiger partial charge in [-0.05, 0) is 37.6 Å². The Hall–Kier alpha value is -2.62. The molecule has 0 atom stereocenters. The van der Waals surface area contributed by atoms with Crippen LogP contribution in [0, 0.1) is 13.8 Å². The zero-order valence-corrected chi connectivity index (χ0v) is 12.3. The summed E-state index contributed by atoms with van der Waals surface area (Å²) in [6, 6.07) is 13.7. The molecule has 4 heteroatoms. The van der Waals surface area contributed by atoms with Crippen molar-refractivity contribution in [2.24, 2.45) is 7.05 Å². The Morgan fingerprint density at radius 2 is 1.90 bits per heavy atom. The number of carbonyl (C=O) groups is 1. The molecule has 0 aliphatic rings. The fraction of sp³-hybridized carbons (Fsp3) is 0.176. The first kappa shape index (κ1) is 13.4. The summed E-state index contributed by atoms with van der Waals surface area (Å²) in [7, 11) is 1.85. The van der Waals surface area contributed by atoms with Crippen molar-refractivity contribution >= 4 is 22.6 Å². The van der Waals surface area contributed by atoms with E-state index >= 15 is 0 Å². The summed E-state index contributed by atoms with van der Waals surface area (Å²) in [6.45, 7) is 4.02. The second-order valence-electron chi connectivity index (χ2n) is 5.26. The SMILES string of the molecule is Cc1ccc(NC(=O)c2nc3ccccc3n2C)c(C)c1. The van der Waals surface area contributed by atoms with Gasteiger partial charge in [-0.3, -0.25) is 4.79 Å². The number of nitrogens with zero attached hydrogens (tertiary/aromatic N) is 2. The molecule has 1 amide bonds. The summed E-state index contributed by atoms with van der Waals surface area (Å²) in [6.07, 6.45) is 0. The fourth-order valence-corrected chi connectivity index (χ4v) is 2.48. The van der Waals surface area contributed by atoms with Gasteiger partial charge in [-0.1, -0.05) is 29.8 Å². The molecule has 106 valence electrons. The van der Waals surface area contributed by atoms with Gasteiger partial charge in [0, 0.05) is 12.7 Å². The number of carbonyl (C=O) groups excluding carboxylic acids is 1. The molecule has 1 N–H and O–H groups in total. The Kier molecular flexibility index (Phi) is 3.22. The average Bonchev–Trinajstić information content (AvgIpc) is 2.80. The van der Waals surface area contributed by atoms with Gasteiger partial charge in [0.25, 0.3) is 5.91 Å². The van der Waals surface area contributed by atoms with Crippen LogP contribution in [-0.4, -0.2) is 15.5 Å². The molecule has 2 aromatic carbocycles. The van der Waals surface area contributed by atoms with Crippen LogP contribution in [0.1, 0.15) is 21.7 Å². The highest BCUT2D eigenvalue weighted by Crippen LogP contribution is 2.19. The first-order valence-electron chi connectivity index (χ1n) is 6.86. The third-order valence-corrected chi connectivity index (χ3v) is 3.62. The lowest BCUT2D eigenvalue weighted by Gasteiger charge is -2.09. The van der Waals surface area contributed by atoms with Crippen molar-refractivity contribution in [3.05, 3.63) is 59.4 Å². The normalized spacial score (nSPS) is 10.8. The molecule has 3 rings (SSSR count). The predicted octanol–water partition coefficient (Wildman–Crippen LogP) is 3.44. The van der Waals surface area contributed by atoms with E-state index in [9.17, 15) is 4.79 Å². The van der Waals surface area contributed by atoms with Gasteiger partial charge in [-0.15, -0.1) is 0 Å². The number of anilines is 1. The van der Waals surface area contributed by atoms with Crippen molar-refractivity contribution in [1.82, 2.24) is 9.55 Å². The van der Waals surface area contributed by atoms with Crippen LogP contribution in [-0.2, 0) is 7.05 Å². The van der Waals surface area contributed by atoms with E-state index in [0.717, 1.165) is 22.3 Å². The van der Waals surface area contributed by atoms with E-state index in [4.69, 9.17) is 0 Å². The van der Waals surface area contributed by atoms with E-state index in [1.165, 1.54) is 5.56 Å². The summed E-state index contributed by atoms with van der Waals surface area (Å²) in [5.41, 5.74) is 4.81. The Bertz CT molecular complexity index is 833. The highest BCUT2D eigenvalue weighted by Gasteiger charge is 2.15. The Morgan fingerprint density at radius 3 is 2.62 bits per heavy atom. The molecule has 0 saturated carbocycles. The van der Waals surface area contributed by atoms with Crippen LogP contribution in [0.4, 0.5) is 5.69 Å².